The number of amides is 2. The first-order valence-corrected chi connectivity index (χ1v) is 7.27. The molecule has 118 valence electrons. The Labute approximate surface area is 138 Å². The van der Waals surface area contributed by atoms with Crippen LogP contribution in [0.1, 0.15) is 26.3 Å². The summed E-state index contributed by atoms with van der Waals surface area (Å²) in [6.07, 6.45) is 2.20. The standard InChI is InChI=1S/C19H13NO4/c21-17(24-13-14-7-2-1-3-8-14)11-6-12-20-18(22)15-9-4-5-10-16(15)19(20)23/h1-5,7-12H,13H2. The predicted molar refractivity (Wildman–Crippen MR) is 85.8 cm³/mol. The Morgan fingerprint density at radius 1 is 0.958 bits per heavy atom. The van der Waals surface area contributed by atoms with Gasteiger partial charge in [-0.15, -0.1) is 0 Å². The quantitative estimate of drug-likeness (QED) is 0.376. The van der Waals surface area contributed by atoms with E-state index in [2.05, 4.69) is 5.73 Å². The van der Waals surface area contributed by atoms with E-state index in [1.807, 2.05) is 30.3 Å². The van der Waals surface area contributed by atoms with Crippen molar-refractivity contribution >= 4 is 17.8 Å². The molecule has 3 rings (SSSR count). The van der Waals surface area contributed by atoms with E-state index in [-0.39, 0.29) is 6.61 Å². The van der Waals surface area contributed by atoms with Gasteiger partial charge < -0.3 is 4.74 Å². The summed E-state index contributed by atoms with van der Waals surface area (Å²) >= 11 is 0. The van der Waals surface area contributed by atoms with Gasteiger partial charge in [0.05, 0.1) is 23.4 Å². The molecule has 0 spiro atoms. The summed E-state index contributed by atoms with van der Waals surface area (Å²) < 4.78 is 5.04. The zero-order valence-electron chi connectivity index (χ0n) is 12.6. The number of ether oxygens (including phenoxy) is 1. The van der Waals surface area contributed by atoms with E-state index in [9.17, 15) is 14.4 Å². The lowest BCUT2D eigenvalue weighted by Crippen LogP contribution is -2.23. The van der Waals surface area contributed by atoms with E-state index in [4.69, 9.17) is 4.74 Å². The lowest BCUT2D eigenvalue weighted by molar-refractivity contribution is -0.139. The van der Waals surface area contributed by atoms with E-state index in [0.29, 0.717) is 11.1 Å². The molecular formula is C19H13NO4. The van der Waals surface area contributed by atoms with Crippen molar-refractivity contribution in [2.45, 2.75) is 6.61 Å². The van der Waals surface area contributed by atoms with Crippen molar-refractivity contribution in [2.24, 2.45) is 0 Å². The molecule has 0 fully saturated rings. The molecule has 0 atom stereocenters. The zero-order valence-corrected chi connectivity index (χ0v) is 12.6. The van der Waals surface area contributed by atoms with Gasteiger partial charge in [-0.2, -0.15) is 0 Å². The molecule has 0 saturated heterocycles. The highest BCUT2D eigenvalue weighted by atomic mass is 16.5. The summed E-state index contributed by atoms with van der Waals surface area (Å²) in [5.41, 5.74) is 4.06. The van der Waals surface area contributed by atoms with Crippen molar-refractivity contribution in [2.75, 3.05) is 0 Å². The van der Waals surface area contributed by atoms with Crippen molar-refractivity contribution in [1.29, 1.82) is 0 Å². The van der Waals surface area contributed by atoms with E-state index in [1.165, 1.54) is 0 Å². The van der Waals surface area contributed by atoms with Gasteiger partial charge >= 0.3 is 5.97 Å². The molecule has 0 bridgehead atoms. The maximum Gasteiger partial charge on any atom is 0.338 e. The van der Waals surface area contributed by atoms with Crippen molar-refractivity contribution in [3.63, 3.8) is 0 Å². The van der Waals surface area contributed by atoms with Crippen LogP contribution in [0, 0.1) is 0 Å². The van der Waals surface area contributed by atoms with Crippen molar-refractivity contribution < 1.29 is 19.1 Å². The molecule has 2 aromatic rings. The largest absolute Gasteiger partial charge is 0.457 e. The van der Waals surface area contributed by atoms with Gasteiger partial charge in [0.1, 0.15) is 6.61 Å². The molecule has 2 aromatic carbocycles. The Hall–Kier alpha value is -3.43. The minimum absolute atomic E-state index is 0.144. The van der Waals surface area contributed by atoms with Crippen LogP contribution in [0.2, 0.25) is 0 Å². The summed E-state index contributed by atoms with van der Waals surface area (Å²) in [5, 5.41) is 0. The van der Waals surface area contributed by atoms with E-state index in [0.717, 1.165) is 22.7 Å². The summed E-state index contributed by atoms with van der Waals surface area (Å²) in [7, 11) is 0. The second-order valence-corrected chi connectivity index (χ2v) is 5.06. The number of nitrogens with zero attached hydrogens (tertiary/aromatic N) is 1. The molecule has 0 saturated carbocycles. The molecule has 1 aliphatic heterocycles. The zero-order chi connectivity index (χ0) is 16.9. The number of carbonyl (C=O) groups is 3. The summed E-state index contributed by atoms with van der Waals surface area (Å²) in [6.45, 7) is 0.144. The Balaban J connectivity index is 1.63. The first kappa shape index (κ1) is 15.5. The molecule has 1 heterocycles. The number of rotatable bonds is 4. The Morgan fingerprint density at radius 2 is 1.54 bits per heavy atom. The van der Waals surface area contributed by atoms with Gasteiger partial charge in [-0.05, 0) is 17.7 Å². The molecule has 0 N–H and O–H groups in total. The minimum Gasteiger partial charge on any atom is -0.457 e. The third-order valence-corrected chi connectivity index (χ3v) is 3.45. The molecule has 1 aliphatic rings. The van der Waals surface area contributed by atoms with Gasteiger partial charge in [-0.3, -0.25) is 9.59 Å². The second kappa shape index (κ2) is 6.77. The average Bonchev–Trinajstić information content (AvgIpc) is 2.86. The Morgan fingerprint density at radius 3 is 2.17 bits per heavy atom. The van der Waals surface area contributed by atoms with Crippen LogP contribution >= 0.6 is 0 Å². The fourth-order valence-corrected chi connectivity index (χ4v) is 2.28. The van der Waals surface area contributed by atoms with Crippen LogP contribution < -0.4 is 0 Å². The predicted octanol–water partition coefficient (Wildman–Crippen LogP) is 2.69. The highest BCUT2D eigenvalue weighted by molar-refractivity contribution is 6.22. The Bertz CT molecular complexity index is 829. The first-order chi connectivity index (χ1) is 11.7. The fourth-order valence-electron chi connectivity index (χ4n) is 2.28. The minimum atomic E-state index is -0.605. The monoisotopic (exact) mass is 319 g/mol. The second-order valence-electron chi connectivity index (χ2n) is 5.06. The van der Waals surface area contributed by atoms with Gasteiger partial charge in [0.25, 0.3) is 11.8 Å². The lowest BCUT2D eigenvalue weighted by Gasteiger charge is -2.04. The molecule has 5 nitrogen and oxygen atoms in total. The third kappa shape index (κ3) is 3.16. The highest BCUT2D eigenvalue weighted by Crippen LogP contribution is 2.22. The maximum atomic E-state index is 12.1. The molecule has 0 aromatic heterocycles. The van der Waals surface area contributed by atoms with Crippen LogP contribution in [0.15, 0.2) is 72.6 Å². The van der Waals surface area contributed by atoms with Crippen molar-refractivity contribution in [3.05, 3.63) is 89.3 Å². The third-order valence-electron chi connectivity index (χ3n) is 3.45. The van der Waals surface area contributed by atoms with Crippen LogP contribution in [-0.2, 0) is 16.1 Å². The topological polar surface area (TPSA) is 63.7 Å². The molecule has 2 amide bonds. The van der Waals surface area contributed by atoms with Gasteiger partial charge in [0, 0.05) is 0 Å². The highest BCUT2D eigenvalue weighted by Gasteiger charge is 2.33. The molecule has 0 radical (unpaired) electrons. The smallest absolute Gasteiger partial charge is 0.338 e. The lowest BCUT2D eigenvalue weighted by atomic mass is 10.1. The number of esters is 1. The normalized spacial score (nSPS) is 12.4. The molecule has 5 heteroatoms. The number of benzene rings is 2. The first-order valence-electron chi connectivity index (χ1n) is 7.27. The average molecular weight is 319 g/mol. The van der Waals surface area contributed by atoms with Crippen LogP contribution in [0.25, 0.3) is 0 Å². The molecular weight excluding hydrogens is 306 g/mol. The molecule has 0 aliphatic carbocycles. The summed E-state index contributed by atoms with van der Waals surface area (Å²) in [4.78, 5) is 36.7. The number of hydrogen-bond acceptors (Lipinski definition) is 4. The van der Waals surface area contributed by atoms with Crippen molar-refractivity contribution in [1.82, 2.24) is 4.90 Å². The van der Waals surface area contributed by atoms with Crippen LogP contribution in [-0.4, -0.2) is 22.7 Å². The summed E-state index contributed by atoms with van der Waals surface area (Å²) in [5.74, 6) is -1.48. The number of hydrogen-bond donors (Lipinski definition) is 0. The summed E-state index contributed by atoms with van der Waals surface area (Å²) in [6, 6.07) is 15.8. The number of fused-ring (bicyclic) bond motifs is 1. The van der Waals surface area contributed by atoms with Crippen LogP contribution in [0.3, 0.4) is 0 Å². The molecule has 24 heavy (non-hydrogen) atoms. The SMILES string of the molecule is O=C(C=C=CN1C(=O)c2ccccc2C1=O)OCc1ccccc1. The van der Waals surface area contributed by atoms with Gasteiger partial charge in [0.2, 0.25) is 0 Å². The van der Waals surface area contributed by atoms with Crippen LogP contribution in [0.4, 0.5) is 0 Å². The maximum absolute atomic E-state index is 12.1. The molecule has 0 unspecified atom stereocenters. The van der Waals surface area contributed by atoms with Gasteiger partial charge in [0.15, 0.2) is 0 Å². The number of carbonyl (C=O) groups excluding carboxylic acids is 3. The fraction of sp³-hybridized carbons (Fsp3) is 0.0526. The van der Waals surface area contributed by atoms with Crippen molar-refractivity contribution in [3.8, 4) is 0 Å². The van der Waals surface area contributed by atoms with Gasteiger partial charge in [-0.1, -0.05) is 48.2 Å². The van der Waals surface area contributed by atoms with E-state index < -0.39 is 17.8 Å². The Kier molecular flexibility index (Phi) is 4.36. The van der Waals surface area contributed by atoms with Crippen LogP contribution in [0.5, 0.6) is 0 Å². The number of imide groups is 1. The van der Waals surface area contributed by atoms with E-state index in [1.54, 1.807) is 24.3 Å². The van der Waals surface area contributed by atoms with Gasteiger partial charge in [-0.25, -0.2) is 9.69 Å². The van der Waals surface area contributed by atoms with E-state index >= 15 is 0 Å².